The van der Waals surface area contributed by atoms with Gasteiger partial charge in [0.2, 0.25) is 0 Å². The number of fused-ring (bicyclic) bond motifs is 1. The lowest BCUT2D eigenvalue weighted by molar-refractivity contribution is 0.465. The van der Waals surface area contributed by atoms with Crippen molar-refractivity contribution in [2.45, 2.75) is 26.8 Å². The van der Waals surface area contributed by atoms with Crippen LogP contribution in [0.5, 0.6) is 5.75 Å². The molecule has 0 radical (unpaired) electrons. The summed E-state index contributed by atoms with van der Waals surface area (Å²) in [6, 6.07) is 21.3. The van der Waals surface area contributed by atoms with Gasteiger partial charge in [-0.25, -0.2) is 4.79 Å². The SMILES string of the molecule is Cc1ccc(NCc2c(O)ccc3c(C)c(Cc4ccccc4)c(=O)oc23)cc1. The zero-order valence-electron chi connectivity index (χ0n) is 16.5. The van der Waals surface area contributed by atoms with Crippen molar-refractivity contribution in [3.63, 3.8) is 0 Å². The fraction of sp³-hybridized carbons (Fsp3) is 0.160. The fourth-order valence-corrected chi connectivity index (χ4v) is 3.54. The van der Waals surface area contributed by atoms with Gasteiger partial charge in [0.05, 0.1) is 5.56 Å². The van der Waals surface area contributed by atoms with E-state index in [2.05, 4.69) is 5.32 Å². The van der Waals surface area contributed by atoms with E-state index in [0.717, 1.165) is 22.2 Å². The summed E-state index contributed by atoms with van der Waals surface area (Å²) in [5.74, 6) is 0.107. The van der Waals surface area contributed by atoms with Crippen LogP contribution in [0.3, 0.4) is 0 Å². The molecule has 0 aliphatic carbocycles. The average Bonchev–Trinajstić information content (AvgIpc) is 2.72. The third-order valence-corrected chi connectivity index (χ3v) is 5.28. The van der Waals surface area contributed by atoms with Gasteiger partial charge in [0.1, 0.15) is 11.3 Å². The van der Waals surface area contributed by atoms with E-state index in [0.29, 0.717) is 29.7 Å². The Morgan fingerprint density at radius 2 is 1.62 bits per heavy atom. The summed E-state index contributed by atoms with van der Waals surface area (Å²) in [7, 11) is 0. The van der Waals surface area contributed by atoms with Gasteiger partial charge in [-0.2, -0.15) is 0 Å². The highest BCUT2D eigenvalue weighted by Crippen LogP contribution is 2.30. The molecule has 0 fully saturated rings. The van der Waals surface area contributed by atoms with E-state index < -0.39 is 0 Å². The molecule has 0 atom stereocenters. The molecule has 0 aliphatic heterocycles. The summed E-state index contributed by atoms with van der Waals surface area (Å²) < 4.78 is 5.71. The minimum absolute atomic E-state index is 0.107. The third kappa shape index (κ3) is 3.87. The number of nitrogens with one attached hydrogen (secondary N) is 1. The third-order valence-electron chi connectivity index (χ3n) is 5.28. The number of rotatable bonds is 5. The summed E-state index contributed by atoms with van der Waals surface area (Å²) in [5, 5.41) is 14.5. The first kappa shape index (κ1) is 18.8. The molecule has 3 aromatic carbocycles. The lowest BCUT2D eigenvalue weighted by atomic mass is 9.98. The van der Waals surface area contributed by atoms with Gasteiger partial charge in [0.25, 0.3) is 0 Å². The molecule has 29 heavy (non-hydrogen) atoms. The van der Waals surface area contributed by atoms with Crippen LogP contribution in [0, 0.1) is 13.8 Å². The zero-order chi connectivity index (χ0) is 20.4. The Bertz CT molecular complexity index is 1210. The van der Waals surface area contributed by atoms with Crippen molar-refractivity contribution in [1.29, 1.82) is 0 Å². The highest BCUT2D eigenvalue weighted by atomic mass is 16.4. The van der Waals surface area contributed by atoms with E-state index in [1.807, 2.05) is 74.5 Å². The van der Waals surface area contributed by atoms with Gasteiger partial charge in [0, 0.05) is 29.6 Å². The molecule has 2 N–H and O–H groups in total. The van der Waals surface area contributed by atoms with E-state index in [1.54, 1.807) is 6.07 Å². The van der Waals surface area contributed by atoms with Crippen LogP contribution in [0.15, 0.2) is 75.9 Å². The molecule has 0 unspecified atom stereocenters. The molecule has 0 spiro atoms. The molecule has 146 valence electrons. The molecule has 0 saturated carbocycles. The number of hydrogen-bond donors (Lipinski definition) is 2. The van der Waals surface area contributed by atoms with Crippen molar-refractivity contribution in [2.75, 3.05) is 5.32 Å². The maximum Gasteiger partial charge on any atom is 0.340 e. The normalized spacial score (nSPS) is 11.0. The Kier molecular flexibility index (Phi) is 5.09. The number of phenolic OH excluding ortho intramolecular Hbond substituents is 1. The van der Waals surface area contributed by atoms with Crippen LogP contribution in [0.2, 0.25) is 0 Å². The average molecular weight is 385 g/mol. The van der Waals surface area contributed by atoms with Crippen molar-refractivity contribution in [2.24, 2.45) is 0 Å². The molecule has 0 bridgehead atoms. The van der Waals surface area contributed by atoms with Crippen LogP contribution in [0.1, 0.15) is 27.8 Å². The molecule has 0 amide bonds. The first-order valence-corrected chi connectivity index (χ1v) is 9.64. The molecule has 4 heteroatoms. The van der Waals surface area contributed by atoms with E-state index in [1.165, 1.54) is 5.56 Å². The minimum Gasteiger partial charge on any atom is -0.507 e. The molecule has 4 rings (SSSR count). The Hall–Kier alpha value is -3.53. The number of phenols is 1. The van der Waals surface area contributed by atoms with Crippen LogP contribution < -0.4 is 10.9 Å². The van der Waals surface area contributed by atoms with Crippen molar-refractivity contribution in [3.8, 4) is 5.75 Å². The number of benzene rings is 3. The first-order valence-electron chi connectivity index (χ1n) is 9.64. The van der Waals surface area contributed by atoms with Crippen molar-refractivity contribution in [1.82, 2.24) is 0 Å². The standard InChI is InChI=1S/C25H23NO3/c1-16-8-10-19(11-9-16)26-15-22-23(27)13-12-20-17(2)21(25(28)29-24(20)22)14-18-6-4-3-5-7-18/h3-13,26-27H,14-15H2,1-2H3. The fourth-order valence-electron chi connectivity index (χ4n) is 3.54. The summed E-state index contributed by atoms with van der Waals surface area (Å²) >= 11 is 0. The highest BCUT2D eigenvalue weighted by Gasteiger charge is 2.17. The van der Waals surface area contributed by atoms with Crippen LogP contribution in [-0.2, 0) is 13.0 Å². The largest absolute Gasteiger partial charge is 0.507 e. The molecule has 4 aromatic rings. The predicted molar refractivity (Wildman–Crippen MR) is 117 cm³/mol. The van der Waals surface area contributed by atoms with Gasteiger partial charge in [0.15, 0.2) is 0 Å². The second kappa shape index (κ2) is 7.84. The highest BCUT2D eigenvalue weighted by molar-refractivity contribution is 5.86. The minimum atomic E-state index is -0.360. The van der Waals surface area contributed by atoms with Crippen LogP contribution in [0.4, 0.5) is 5.69 Å². The lowest BCUT2D eigenvalue weighted by Gasteiger charge is -2.13. The Labute approximate surface area is 169 Å². The molecule has 1 heterocycles. The van der Waals surface area contributed by atoms with E-state index in [9.17, 15) is 9.90 Å². The van der Waals surface area contributed by atoms with Gasteiger partial charge in [-0.1, -0.05) is 48.0 Å². The quantitative estimate of drug-likeness (QED) is 0.457. The maximum atomic E-state index is 12.8. The van der Waals surface area contributed by atoms with Crippen LogP contribution in [0.25, 0.3) is 11.0 Å². The molecule has 4 nitrogen and oxygen atoms in total. The molecule has 0 aliphatic rings. The molecular formula is C25H23NO3. The van der Waals surface area contributed by atoms with Crippen molar-refractivity contribution >= 4 is 16.7 Å². The Morgan fingerprint density at radius 1 is 0.897 bits per heavy atom. The van der Waals surface area contributed by atoms with Gasteiger partial charge >= 0.3 is 5.63 Å². The van der Waals surface area contributed by atoms with E-state index in [-0.39, 0.29) is 11.4 Å². The van der Waals surface area contributed by atoms with Crippen molar-refractivity contribution < 1.29 is 9.52 Å². The van der Waals surface area contributed by atoms with E-state index >= 15 is 0 Å². The second-order valence-electron chi connectivity index (χ2n) is 7.31. The predicted octanol–water partition coefficient (Wildman–Crippen LogP) is 5.32. The number of anilines is 1. The van der Waals surface area contributed by atoms with Crippen LogP contribution >= 0.6 is 0 Å². The van der Waals surface area contributed by atoms with Crippen LogP contribution in [-0.4, -0.2) is 5.11 Å². The number of hydrogen-bond acceptors (Lipinski definition) is 4. The molecule has 0 saturated heterocycles. The second-order valence-corrected chi connectivity index (χ2v) is 7.31. The Balaban J connectivity index is 1.73. The van der Waals surface area contributed by atoms with Gasteiger partial charge in [-0.3, -0.25) is 0 Å². The smallest absolute Gasteiger partial charge is 0.340 e. The first-order chi connectivity index (χ1) is 14.0. The van der Waals surface area contributed by atoms with Gasteiger partial charge < -0.3 is 14.8 Å². The zero-order valence-corrected chi connectivity index (χ0v) is 16.5. The monoisotopic (exact) mass is 385 g/mol. The Morgan fingerprint density at radius 3 is 2.34 bits per heavy atom. The molecular weight excluding hydrogens is 362 g/mol. The maximum absolute atomic E-state index is 12.8. The van der Waals surface area contributed by atoms with Gasteiger partial charge in [-0.15, -0.1) is 0 Å². The summed E-state index contributed by atoms with van der Waals surface area (Å²) in [4.78, 5) is 12.8. The van der Waals surface area contributed by atoms with Gasteiger partial charge in [-0.05, 0) is 49.2 Å². The lowest BCUT2D eigenvalue weighted by Crippen LogP contribution is -2.12. The molecule has 1 aromatic heterocycles. The van der Waals surface area contributed by atoms with Crippen molar-refractivity contribution in [3.05, 3.63) is 105 Å². The van der Waals surface area contributed by atoms with E-state index in [4.69, 9.17) is 4.42 Å². The summed E-state index contributed by atoms with van der Waals surface area (Å²) in [6.07, 6.45) is 0.517. The summed E-state index contributed by atoms with van der Waals surface area (Å²) in [6.45, 7) is 4.32. The topological polar surface area (TPSA) is 62.5 Å². The summed E-state index contributed by atoms with van der Waals surface area (Å²) in [5.41, 5.74) is 5.35. The number of aryl methyl sites for hydroxylation is 2. The number of aromatic hydroxyl groups is 1.